The van der Waals surface area contributed by atoms with E-state index in [1.807, 2.05) is 22.4 Å². The minimum absolute atomic E-state index is 0.00639. The lowest BCUT2D eigenvalue weighted by Gasteiger charge is -2.39. The monoisotopic (exact) mass is 486 g/mol. The number of furan rings is 1. The van der Waals surface area contributed by atoms with Crippen LogP contribution >= 0.6 is 11.3 Å². The van der Waals surface area contributed by atoms with Crippen LogP contribution in [0.15, 0.2) is 40.3 Å². The zero-order valence-electron chi connectivity index (χ0n) is 19.2. The van der Waals surface area contributed by atoms with E-state index in [-0.39, 0.29) is 35.4 Å². The number of piperidine rings is 1. The highest BCUT2D eigenvalue weighted by atomic mass is 32.1. The molecule has 9 nitrogen and oxygen atoms in total. The molecular formula is C24H30N4O5S. The molecule has 0 radical (unpaired) electrons. The van der Waals surface area contributed by atoms with Gasteiger partial charge in [0.1, 0.15) is 6.04 Å². The molecule has 10 heteroatoms. The summed E-state index contributed by atoms with van der Waals surface area (Å²) in [4.78, 5) is 54.2. The van der Waals surface area contributed by atoms with Gasteiger partial charge in [-0.05, 0) is 48.3 Å². The van der Waals surface area contributed by atoms with E-state index in [1.165, 1.54) is 13.2 Å². The zero-order chi connectivity index (χ0) is 24.1. The molecule has 0 aliphatic carbocycles. The van der Waals surface area contributed by atoms with Crippen LogP contribution in [0.3, 0.4) is 0 Å². The number of hydrogen-bond acceptors (Lipinski definition) is 6. The van der Waals surface area contributed by atoms with Crippen LogP contribution in [0, 0.1) is 5.41 Å². The Morgan fingerprint density at radius 1 is 1.09 bits per heavy atom. The van der Waals surface area contributed by atoms with E-state index in [9.17, 15) is 19.2 Å². The summed E-state index contributed by atoms with van der Waals surface area (Å²) in [5, 5.41) is 7.39. The van der Waals surface area contributed by atoms with Gasteiger partial charge in [0.25, 0.3) is 5.91 Å². The first-order valence-corrected chi connectivity index (χ1v) is 12.4. The lowest BCUT2D eigenvalue weighted by Crippen LogP contribution is -2.50. The normalized spacial score (nSPS) is 18.0. The van der Waals surface area contributed by atoms with E-state index in [1.54, 1.807) is 28.4 Å². The lowest BCUT2D eigenvalue weighted by molar-refractivity contribution is -0.136. The molecule has 0 bridgehead atoms. The van der Waals surface area contributed by atoms with Gasteiger partial charge in [0.05, 0.1) is 12.8 Å². The topological polar surface area (TPSA) is 112 Å². The maximum Gasteiger partial charge on any atom is 0.287 e. The molecule has 4 heterocycles. The van der Waals surface area contributed by atoms with Gasteiger partial charge in [0, 0.05) is 44.4 Å². The summed E-state index contributed by atoms with van der Waals surface area (Å²) in [5.41, 5.74) is -0.00639. The van der Waals surface area contributed by atoms with Gasteiger partial charge in [0.2, 0.25) is 17.7 Å². The summed E-state index contributed by atoms with van der Waals surface area (Å²) in [7, 11) is 0. The van der Waals surface area contributed by atoms with Crippen LogP contribution in [0.4, 0.5) is 0 Å². The number of thiophene rings is 1. The van der Waals surface area contributed by atoms with Gasteiger partial charge in [-0.25, -0.2) is 0 Å². The van der Waals surface area contributed by atoms with Crippen molar-refractivity contribution in [2.45, 2.75) is 38.6 Å². The zero-order valence-corrected chi connectivity index (χ0v) is 20.1. The molecule has 2 aromatic rings. The molecular weight excluding hydrogens is 456 g/mol. The second-order valence-corrected chi connectivity index (χ2v) is 10.1. The largest absolute Gasteiger partial charge is 0.459 e. The van der Waals surface area contributed by atoms with Crippen molar-refractivity contribution in [3.05, 3.63) is 46.5 Å². The third-order valence-corrected chi connectivity index (χ3v) is 7.63. The summed E-state index contributed by atoms with van der Waals surface area (Å²) in [6, 6.07) is 6.52. The van der Waals surface area contributed by atoms with Gasteiger partial charge >= 0.3 is 0 Å². The van der Waals surface area contributed by atoms with Gasteiger partial charge in [-0.1, -0.05) is 6.07 Å². The van der Waals surface area contributed by atoms with Crippen molar-refractivity contribution in [1.82, 2.24) is 20.4 Å². The number of hydrogen-bond donors (Lipinski definition) is 2. The highest BCUT2D eigenvalue weighted by molar-refractivity contribution is 7.09. The predicted molar refractivity (Wildman–Crippen MR) is 126 cm³/mol. The van der Waals surface area contributed by atoms with Crippen LogP contribution in [0.25, 0.3) is 0 Å². The highest BCUT2D eigenvalue weighted by Gasteiger charge is 2.43. The van der Waals surface area contributed by atoms with Crippen LogP contribution < -0.4 is 10.6 Å². The molecule has 1 spiro atoms. The molecule has 2 N–H and O–H groups in total. The van der Waals surface area contributed by atoms with Crippen LogP contribution in [-0.4, -0.2) is 72.2 Å². The van der Waals surface area contributed by atoms with Crippen molar-refractivity contribution in [2.75, 3.05) is 32.7 Å². The van der Waals surface area contributed by atoms with E-state index >= 15 is 0 Å². The maximum atomic E-state index is 13.3. The first-order chi connectivity index (χ1) is 16.3. The third-order valence-electron chi connectivity index (χ3n) is 6.73. The third kappa shape index (κ3) is 5.67. The molecule has 0 saturated carbocycles. The molecule has 2 aliphatic heterocycles. The first kappa shape index (κ1) is 24.0. The average molecular weight is 487 g/mol. The Balaban J connectivity index is 1.28. The Morgan fingerprint density at radius 2 is 1.82 bits per heavy atom. The van der Waals surface area contributed by atoms with Crippen LogP contribution in [-0.2, 0) is 20.8 Å². The molecule has 4 amide bonds. The van der Waals surface area contributed by atoms with Crippen molar-refractivity contribution in [2.24, 2.45) is 5.41 Å². The number of nitrogens with one attached hydrogen (secondary N) is 2. The molecule has 4 rings (SSSR count). The fourth-order valence-electron chi connectivity index (χ4n) is 4.82. The molecule has 182 valence electrons. The molecule has 2 saturated heterocycles. The van der Waals surface area contributed by atoms with Crippen molar-refractivity contribution < 1.29 is 23.6 Å². The molecule has 1 unspecified atom stereocenters. The van der Waals surface area contributed by atoms with Gasteiger partial charge in [-0.3, -0.25) is 19.2 Å². The summed E-state index contributed by atoms with van der Waals surface area (Å²) >= 11 is 1.58. The summed E-state index contributed by atoms with van der Waals surface area (Å²) in [6.07, 6.45) is 4.42. The Morgan fingerprint density at radius 3 is 2.44 bits per heavy atom. The van der Waals surface area contributed by atoms with Crippen LogP contribution in [0.2, 0.25) is 0 Å². The quantitative estimate of drug-likeness (QED) is 0.618. The second kappa shape index (κ2) is 10.4. The predicted octanol–water partition coefficient (Wildman–Crippen LogP) is 1.66. The van der Waals surface area contributed by atoms with Crippen LogP contribution in [0.1, 0.15) is 41.6 Å². The Hall–Kier alpha value is -3.14. The van der Waals surface area contributed by atoms with Gasteiger partial charge in [0.15, 0.2) is 5.76 Å². The SMILES string of the molecule is CC(=O)NC(Cc1cccs1)C(=O)N1CCC2(CCN(C(=O)CNC(=O)c3ccco3)CC2)C1. The average Bonchev–Trinajstić information content (AvgIpc) is 3.59. The standard InChI is InChI=1S/C24H30N4O5S/c1-17(29)26-19(14-18-4-3-13-34-18)23(32)28-11-8-24(16-28)6-9-27(10-7-24)21(30)15-25-22(31)20-5-2-12-33-20/h2-5,12-13,19H,6-11,14-16H2,1H3,(H,25,31)(H,26,29). The first-order valence-electron chi connectivity index (χ1n) is 11.5. The number of carbonyl (C=O) groups is 4. The summed E-state index contributed by atoms with van der Waals surface area (Å²) < 4.78 is 5.04. The minimum Gasteiger partial charge on any atom is -0.459 e. The summed E-state index contributed by atoms with van der Waals surface area (Å²) in [5.74, 6) is -0.609. The van der Waals surface area contributed by atoms with E-state index in [4.69, 9.17) is 4.42 Å². The fraction of sp³-hybridized carbons (Fsp3) is 0.500. The van der Waals surface area contributed by atoms with Gasteiger partial charge < -0.3 is 24.9 Å². The Kier molecular flexibility index (Phi) is 7.35. The Labute approximate surface area is 202 Å². The lowest BCUT2D eigenvalue weighted by atomic mass is 9.77. The Bertz CT molecular complexity index is 1010. The van der Waals surface area contributed by atoms with Crippen molar-refractivity contribution in [1.29, 1.82) is 0 Å². The molecule has 0 aromatic carbocycles. The van der Waals surface area contributed by atoms with E-state index in [0.29, 0.717) is 32.6 Å². The molecule has 2 fully saturated rings. The second-order valence-electron chi connectivity index (χ2n) is 9.09. The van der Waals surface area contributed by atoms with E-state index in [2.05, 4.69) is 10.6 Å². The minimum atomic E-state index is -0.564. The number of nitrogens with zero attached hydrogens (tertiary/aromatic N) is 2. The van der Waals surface area contributed by atoms with Crippen molar-refractivity contribution in [3.8, 4) is 0 Å². The summed E-state index contributed by atoms with van der Waals surface area (Å²) in [6.45, 7) is 3.86. The fourth-order valence-corrected chi connectivity index (χ4v) is 5.57. The molecule has 2 aliphatic rings. The number of likely N-dealkylation sites (tertiary alicyclic amines) is 2. The number of rotatable bonds is 7. The van der Waals surface area contributed by atoms with Gasteiger partial charge in [-0.2, -0.15) is 0 Å². The number of amides is 4. The molecule has 2 aromatic heterocycles. The highest BCUT2D eigenvalue weighted by Crippen LogP contribution is 2.40. The molecule has 34 heavy (non-hydrogen) atoms. The van der Waals surface area contributed by atoms with Crippen molar-refractivity contribution >= 4 is 35.0 Å². The van der Waals surface area contributed by atoms with E-state index < -0.39 is 11.9 Å². The number of carbonyl (C=O) groups excluding carboxylic acids is 4. The van der Waals surface area contributed by atoms with Crippen molar-refractivity contribution in [3.63, 3.8) is 0 Å². The smallest absolute Gasteiger partial charge is 0.287 e. The molecule has 1 atom stereocenters. The maximum absolute atomic E-state index is 13.3. The van der Waals surface area contributed by atoms with E-state index in [0.717, 1.165) is 24.1 Å². The van der Waals surface area contributed by atoms with Gasteiger partial charge in [-0.15, -0.1) is 11.3 Å². The van der Waals surface area contributed by atoms with Crippen LogP contribution in [0.5, 0.6) is 0 Å².